The number of aliphatic hydroxyl groups is 1. The van der Waals surface area contributed by atoms with Gasteiger partial charge in [-0.25, -0.2) is 0 Å². The number of halogens is 1. The van der Waals surface area contributed by atoms with Crippen LogP contribution in [0.2, 0.25) is 5.02 Å². The summed E-state index contributed by atoms with van der Waals surface area (Å²) >= 11 is 6.02. The molecule has 0 amide bonds. The van der Waals surface area contributed by atoms with Crippen molar-refractivity contribution in [3.05, 3.63) is 28.8 Å². The molecule has 2 nitrogen and oxygen atoms in total. The van der Waals surface area contributed by atoms with Crippen LogP contribution < -0.4 is 4.74 Å². The Bertz CT molecular complexity index is 361. The van der Waals surface area contributed by atoms with Crippen molar-refractivity contribution < 1.29 is 9.84 Å². The average molecular weight is 241 g/mol. The highest BCUT2D eigenvalue weighted by molar-refractivity contribution is 6.30. The molecular weight excluding hydrogens is 224 g/mol. The monoisotopic (exact) mass is 240 g/mol. The lowest BCUT2D eigenvalue weighted by Gasteiger charge is -2.12. The summed E-state index contributed by atoms with van der Waals surface area (Å²) in [5.41, 5.74) is 1.03. The van der Waals surface area contributed by atoms with Gasteiger partial charge in [-0.1, -0.05) is 18.5 Å². The minimum Gasteiger partial charge on any atom is -0.493 e. The Hall–Kier alpha value is -0.730. The second-order valence-electron chi connectivity index (χ2n) is 4.56. The molecule has 1 aliphatic carbocycles. The Morgan fingerprint density at radius 2 is 2.19 bits per heavy atom. The van der Waals surface area contributed by atoms with Gasteiger partial charge in [0.2, 0.25) is 0 Å². The Kier molecular flexibility index (Phi) is 3.72. The first kappa shape index (κ1) is 11.7. The summed E-state index contributed by atoms with van der Waals surface area (Å²) < 4.78 is 5.68. The molecule has 1 unspecified atom stereocenters. The van der Waals surface area contributed by atoms with Crippen LogP contribution in [0.4, 0.5) is 0 Å². The number of benzene rings is 1. The molecule has 1 atom stereocenters. The van der Waals surface area contributed by atoms with Gasteiger partial charge in [0.05, 0.1) is 6.61 Å². The lowest BCUT2D eigenvalue weighted by atomic mass is 10.0. The molecule has 16 heavy (non-hydrogen) atoms. The van der Waals surface area contributed by atoms with Gasteiger partial charge < -0.3 is 9.84 Å². The van der Waals surface area contributed by atoms with Crippen molar-refractivity contribution >= 4 is 11.6 Å². The van der Waals surface area contributed by atoms with E-state index in [4.69, 9.17) is 21.4 Å². The molecule has 1 saturated carbocycles. The summed E-state index contributed by atoms with van der Waals surface area (Å²) in [6, 6.07) is 5.68. The van der Waals surface area contributed by atoms with E-state index in [-0.39, 0.29) is 12.5 Å². The summed E-state index contributed by atoms with van der Waals surface area (Å²) in [5, 5.41) is 9.78. The van der Waals surface area contributed by atoms with Crippen LogP contribution in [0.3, 0.4) is 0 Å². The molecule has 1 aliphatic rings. The van der Waals surface area contributed by atoms with Gasteiger partial charge in [-0.3, -0.25) is 0 Å². The van der Waals surface area contributed by atoms with E-state index in [1.807, 2.05) is 25.1 Å². The topological polar surface area (TPSA) is 29.5 Å². The third-order valence-electron chi connectivity index (χ3n) is 2.92. The Morgan fingerprint density at radius 3 is 2.81 bits per heavy atom. The highest BCUT2D eigenvalue weighted by Gasteiger charge is 2.22. The van der Waals surface area contributed by atoms with Crippen LogP contribution in [-0.2, 0) is 0 Å². The fourth-order valence-corrected chi connectivity index (χ4v) is 1.79. The van der Waals surface area contributed by atoms with Gasteiger partial charge in [0.1, 0.15) is 5.75 Å². The van der Waals surface area contributed by atoms with Crippen molar-refractivity contribution in [2.75, 3.05) is 13.2 Å². The zero-order valence-electron chi connectivity index (χ0n) is 9.45. The van der Waals surface area contributed by atoms with Crippen LogP contribution in [0.5, 0.6) is 5.75 Å². The normalized spacial score (nSPS) is 17.2. The van der Waals surface area contributed by atoms with E-state index in [2.05, 4.69) is 0 Å². The van der Waals surface area contributed by atoms with Crippen molar-refractivity contribution in [1.29, 1.82) is 0 Å². The number of rotatable bonds is 5. The SMILES string of the molecule is CC(CO)c1cc(Cl)cc(OCC2CC2)c1. The number of hydrogen-bond donors (Lipinski definition) is 1. The van der Waals surface area contributed by atoms with E-state index in [1.165, 1.54) is 12.8 Å². The van der Waals surface area contributed by atoms with Crippen molar-refractivity contribution in [3.8, 4) is 5.75 Å². The van der Waals surface area contributed by atoms with Gasteiger partial charge in [-0.05, 0) is 42.5 Å². The first-order chi connectivity index (χ1) is 7.69. The number of aliphatic hydroxyl groups excluding tert-OH is 1. The van der Waals surface area contributed by atoms with Crippen LogP contribution in [0, 0.1) is 5.92 Å². The highest BCUT2D eigenvalue weighted by atomic mass is 35.5. The van der Waals surface area contributed by atoms with E-state index in [9.17, 15) is 0 Å². The molecule has 0 heterocycles. The van der Waals surface area contributed by atoms with Gasteiger partial charge >= 0.3 is 0 Å². The summed E-state index contributed by atoms with van der Waals surface area (Å²) in [6.07, 6.45) is 2.56. The Morgan fingerprint density at radius 1 is 1.44 bits per heavy atom. The van der Waals surface area contributed by atoms with Gasteiger partial charge in [-0.2, -0.15) is 0 Å². The number of ether oxygens (including phenoxy) is 1. The van der Waals surface area contributed by atoms with E-state index in [1.54, 1.807) is 0 Å². The molecule has 1 aromatic rings. The molecule has 2 rings (SSSR count). The van der Waals surface area contributed by atoms with Crippen LogP contribution in [0.15, 0.2) is 18.2 Å². The molecule has 0 saturated heterocycles. The summed E-state index contributed by atoms with van der Waals surface area (Å²) in [4.78, 5) is 0. The Labute approximate surface area is 101 Å². The Balaban J connectivity index is 2.07. The van der Waals surface area contributed by atoms with E-state index in [0.29, 0.717) is 5.02 Å². The summed E-state index contributed by atoms with van der Waals surface area (Å²) in [5.74, 6) is 1.65. The highest BCUT2D eigenvalue weighted by Crippen LogP contribution is 2.31. The third-order valence-corrected chi connectivity index (χ3v) is 3.14. The quantitative estimate of drug-likeness (QED) is 0.856. The van der Waals surface area contributed by atoms with Crippen molar-refractivity contribution in [3.63, 3.8) is 0 Å². The van der Waals surface area contributed by atoms with Crippen molar-refractivity contribution in [2.45, 2.75) is 25.7 Å². The molecule has 0 bridgehead atoms. The van der Waals surface area contributed by atoms with Crippen LogP contribution in [-0.4, -0.2) is 18.3 Å². The van der Waals surface area contributed by atoms with E-state index >= 15 is 0 Å². The van der Waals surface area contributed by atoms with Gasteiger partial charge in [0.25, 0.3) is 0 Å². The predicted octanol–water partition coefficient (Wildman–Crippen LogP) is 3.22. The van der Waals surface area contributed by atoms with E-state index < -0.39 is 0 Å². The molecule has 3 heteroatoms. The molecule has 0 aliphatic heterocycles. The predicted molar refractivity (Wildman–Crippen MR) is 65.2 cm³/mol. The zero-order valence-corrected chi connectivity index (χ0v) is 10.2. The maximum atomic E-state index is 9.11. The summed E-state index contributed by atoms with van der Waals surface area (Å²) in [6.45, 7) is 2.88. The molecule has 1 N–H and O–H groups in total. The third kappa shape index (κ3) is 3.13. The molecule has 1 aromatic carbocycles. The molecule has 0 radical (unpaired) electrons. The molecule has 1 fully saturated rings. The second-order valence-corrected chi connectivity index (χ2v) is 4.99. The maximum Gasteiger partial charge on any atom is 0.121 e. The van der Waals surface area contributed by atoms with Gasteiger partial charge in [0.15, 0.2) is 0 Å². The smallest absolute Gasteiger partial charge is 0.121 e. The minimum absolute atomic E-state index is 0.0991. The fourth-order valence-electron chi connectivity index (χ4n) is 1.56. The first-order valence-corrected chi connectivity index (χ1v) is 6.11. The summed E-state index contributed by atoms with van der Waals surface area (Å²) in [7, 11) is 0. The largest absolute Gasteiger partial charge is 0.493 e. The fraction of sp³-hybridized carbons (Fsp3) is 0.538. The molecule has 88 valence electrons. The minimum atomic E-state index is 0.0991. The lowest BCUT2D eigenvalue weighted by Crippen LogP contribution is -2.02. The number of hydrogen-bond acceptors (Lipinski definition) is 2. The van der Waals surface area contributed by atoms with Gasteiger partial charge in [0, 0.05) is 17.5 Å². The molecule has 0 spiro atoms. The van der Waals surface area contributed by atoms with E-state index in [0.717, 1.165) is 23.8 Å². The molecule has 0 aromatic heterocycles. The lowest BCUT2D eigenvalue weighted by molar-refractivity contribution is 0.271. The van der Waals surface area contributed by atoms with Crippen molar-refractivity contribution in [1.82, 2.24) is 0 Å². The van der Waals surface area contributed by atoms with Crippen LogP contribution in [0.1, 0.15) is 31.2 Å². The standard InChI is InChI=1S/C13H17ClO2/c1-9(7-15)11-4-12(14)6-13(5-11)16-8-10-2-3-10/h4-6,9-10,15H,2-3,7-8H2,1H3. The molecular formula is C13H17ClO2. The first-order valence-electron chi connectivity index (χ1n) is 5.73. The second kappa shape index (κ2) is 5.07. The van der Waals surface area contributed by atoms with Crippen LogP contribution in [0.25, 0.3) is 0 Å². The van der Waals surface area contributed by atoms with Crippen molar-refractivity contribution in [2.24, 2.45) is 5.92 Å². The maximum absolute atomic E-state index is 9.11. The van der Waals surface area contributed by atoms with Crippen LogP contribution >= 0.6 is 11.6 Å². The average Bonchev–Trinajstić information content (AvgIpc) is 3.08. The zero-order chi connectivity index (χ0) is 11.5. The van der Waals surface area contributed by atoms with Gasteiger partial charge in [-0.15, -0.1) is 0 Å².